The van der Waals surface area contributed by atoms with Gasteiger partial charge < -0.3 is 10.2 Å². The molecule has 2 rings (SSSR count). The average Bonchev–Trinajstić information content (AvgIpc) is 2.31. The van der Waals surface area contributed by atoms with Gasteiger partial charge in [0, 0.05) is 24.6 Å². The number of hydrogen-bond acceptors (Lipinski definition) is 4. The highest BCUT2D eigenvalue weighted by molar-refractivity contribution is 9.10. The van der Waals surface area contributed by atoms with Crippen LogP contribution >= 0.6 is 15.9 Å². The number of nitrogens with zero attached hydrogens (tertiary/aromatic N) is 3. The lowest BCUT2D eigenvalue weighted by Crippen LogP contribution is -2.54. The summed E-state index contributed by atoms with van der Waals surface area (Å²) in [4.78, 5) is 22.8. The molecule has 6 heteroatoms. The summed E-state index contributed by atoms with van der Waals surface area (Å²) in [6.45, 7) is 9.53. The van der Waals surface area contributed by atoms with Crippen molar-refractivity contribution in [3.05, 3.63) is 16.5 Å². The first-order chi connectivity index (χ1) is 8.79. The monoisotopic (exact) mass is 326 g/mol. The first-order valence-electron chi connectivity index (χ1n) is 6.38. The van der Waals surface area contributed by atoms with Crippen molar-refractivity contribution in [3.8, 4) is 0 Å². The number of aromatic nitrogens is 2. The Hall–Kier alpha value is -1.17. The maximum atomic E-state index is 11.7. The van der Waals surface area contributed by atoms with Crippen LogP contribution in [0.25, 0.3) is 0 Å². The van der Waals surface area contributed by atoms with E-state index in [1.54, 1.807) is 0 Å². The summed E-state index contributed by atoms with van der Waals surface area (Å²) in [5.41, 5.74) is -0.125. The summed E-state index contributed by atoms with van der Waals surface area (Å²) in [5.74, 6) is 1.61. The van der Waals surface area contributed by atoms with Gasteiger partial charge in [0.25, 0.3) is 0 Å². The molecule has 1 amide bonds. The van der Waals surface area contributed by atoms with Crippen LogP contribution in [0.3, 0.4) is 0 Å². The zero-order valence-corrected chi connectivity index (χ0v) is 13.3. The number of carbonyl (C=O) groups excluding carboxylic acids is 1. The first-order valence-corrected chi connectivity index (χ1v) is 7.18. The molecule has 0 saturated carbocycles. The summed E-state index contributed by atoms with van der Waals surface area (Å²) in [6.07, 6.45) is 0. The van der Waals surface area contributed by atoms with Crippen molar-refractivity contribution in [1.29, 1.82) is 0 Å². The molecule has 5 nitrogen and oxygen atoms in total. The summed E-state index contributed by atoms with van der Waals surface area (Å²) in [5, 5.41) is 2.86. The molecule has 0 aromatic carbocycles. The van der Waals surface area contributed by atoms with E-state index in [-0.39, 0.29) is 17.4 Å². The van der Waals surface area contributed by atoms with Crippen molar-refractivity contribution in [2.75, 3.05) is 18.0 Å². The molecule has 1 aromatic heterocycles. The second-order valence-corrected chi connectivity index (χ2v) is 6.60. The van der Waals surface area contributed by atoms with E-state index in [2.05, 4.69) is 52.0 Å². The smallest absolute Gasteiger partial charge is 0.242 e. The van der Waals surface area contributed by atoms with Crippen molar-refractivity contribution in [2.45, 2.75) is 39.2 Å². The zero-order chi connectivity index (χ0) is 14.2. The van der Waals surface area contributed by atoms with E-state index in [0.29, 0.717) is 6.54 Å². The van der Waals surface area contributed by atoms with Gasteiger partial charge in [-0.15, -0.1) is 0 Å². The van der Waals surface area contributed by atoms with E-state index in [1.165, 1.54) is 0 Å². The highest BCUT2D eigenvalue weighted by atomic mass is 79.9. The third-order valence-electron chi connectivity index (χ3n) is 3.15. The third-order valence-corrected chi connectivity index (χ3v) is 3.55. The fourth-order valence-electron chi connectivity index (χ4n) is 1.98. The number of nitrogens with one attached hydrogen (secondary N) is 1. The van der Waals surface area contributed by atoms with Crippen LogP contribution < -0.4 is 10.2 Å². The molecule has 1 saturated heterocycles. The Morgan fingerprint density at radius 2 is 2.11 bits per heavy atom. The Labute approximate surface area is 121 Å². The molecule has 19 heavy (non-hydrogen) atoms. The lowest BCUT2D eigenvalue weighted by atomic mass is 9.96. The van der Waals surface area contributed by atoms with Gasteiger partial charge in [-0.3, -0.25) is 4.79 Å². The van der Waals surface area contributed by atoms with Crippen LogP contribution in [-0.4, -0.2) is 35.0 Å². The SMILES string of the molecule is CC1C(=O)NCCN1c1cc(Br)nc(C(C)(C)C)n1. The summed E-state index contributed by atoms with van der Waals surface area (Å²) < 4.78 is 0.751. The second-order valence-electron chi connectivity index (χ2n) is 5.78. The second kappa shape index (κ2) is 5.07. The van der Waals surface area contributed by atoms with Crippen molar-refractivity contribution >= 4 is 27.7 Å². The Morgan fingerprint density at radius 3 is 2.74 bits per heavy atom. The number of hydrogen-bond donors (Lipinski definition) is 1. The molecular weight excluding hydrogens is 308 g/mol. The Morgan fingerprint density at radius 1 is 1.42 bits per heavy atom. The number of amides is 1. The predicted molar refractivity (Wildman–Crippen MR) is 78.2 cm³/mol. The molecule has 1 atom stereocenters. The number of piperazine rings is 1. The number of halogens is 1. The topological polar surface area (TPSA) is 58.1 Å². The fraction of sp³-hybridized carbons (Fsp3) is 0.615. The Kier molecular flexibility index (Phi) is 3.80. The molecule has 0 bridgehead atoms. The van der Waals surface area contributed by atoms with Crippen molar-refractivity contribution < 1.29 is 4.79 Å². The van der Waals surface area contributed by atoms with E-state index in [0.717, 1.165) is 22.8 Å². The van der Waals surface area contributed by atoms with Crippen LogP contribution in [-0.2, 0) is 10.2 Å². The molecular formula is C13H19BrN4O. The third kappa shape index (κ3) is 3.05. The van der Waals surface area contributed by atoms with Crippen LogP contribution in [0.1, 0.15) is 33.5 Å². The maximum Gasteiger partial charge on any atom is 0.242 e. The summed E-state index contributed by atoms with van der Waals surface area (Å²) in [7, 11) is 0. The Balaban J connectivity index is 2.39. The van der Waals surface area contributed by atoms with Crippen LogP contribution in [0, 0.1) is 0 Å². The maximum absolute atomic E-state index is 11.7. The highest BCUT2D eigenvalue weighted by Crippen LogP contribution is 2.25. The average molecular weight is 327 g/mol. The minimum atomic E-state index is -0.205. The van der Waals surface area contributed by atoms with Gasteiger partial charge in [-0.2, -0.15) is 0 Å². The van der Waals surface area contributed by atoms with Crippen LogP contribution in [0.2, 0.25) is 0 Å². The molecule has 1 aliphatic rings. The van der Waals surface area contributed by atoms with E-state index in [1.807, 2.05) is 17.9 Å². The van der Waals surface area contributed by atoms with E-state index in [4.69, 9.17) is 0 Å². The molecule has 1 aromatic rings. The lowest BCUT2D eigenvalue weighted by molar-refractivity contribution is -0.122. The van der Waals surface area contributed by atoms with Gasteiger partial charge in [-0.05, 0) is 22.9 Å². The molecule has 1 fully saturated rings. The van der Waals surface area contributed by atoms with Gasteiger partial charge >= 0.3 is 0 Å². The van der Waals surface area contributed by atoms with Gasteiger partial charge in [0.15, 0.2) is 0 Å². The van der Waals surface area contributed by atoms with Gasteiger partial charge in [0.1, 0.15) is 22.3 Å². The number of rotatable bonds is 1. The van der Waals surface area contributed by atoms with E-state index >= 15 is 0 Å². The molecule has 104 valence electrons. The fourth-order valence-corrected chi connectivity index (χ4v) is 2.36. The normalized spacial score (nSPS) is 20.4. The molecule has 1 aliphatic heterocycles. The minimum Gasteiger partial charge on any atom is -0.353 e. The molecule has 1 unspecified atom stereocenters. The molecule has 2 heterocycles. The number of anilines is 1. The van der Waals surface area contributed by atoms with Crippen molar-refractivity contribution in [3.63, 3.8) is 0 Å². The highest BCUT2D eigenvalue weighted by Gasteiger charge is 2.28. The summed E-state index contributed by atoms with van der Waals surface area (Å²) in [6, 6.07) is 1.66. The Bertz CT molecular complexity index is 498. The van der Waals surface area contributed by atoms with Crippen molar-refractivity contribution in [1.82, 2.24) is 15.3 Å². The van der Waals surface area contributed by atoms with Crippen molar-refractivity contribution in [2.24, 2.45) is 0 Å². The molecule has 1 N–H and O–H groups in total. The first kappa shape index (κ1) is 14.2. The van der Waals surface area contributed by atoms with E-state index in [9.17, 15) is 4.79 Å². The molecule has 0 radical (unpaired) electrons. The minimum absolute atomic E-state index is 0.0401. The number of carbonyl (C=O) groups is 1. The predicted octanol–water partition coefficient (Wildman–Crippen LogP) is 1.86. The van der Waals surface area contributed by atoms with Crippen LogP contribution in [0.5, 0.6) is 0 Å². The largest absolute Gasteiger partial charge is 0.353 e. The van der Waals surface area contributed by atoms with Gasteiger partial charge in [0.05, 0.1) is 0 Å². The lowest BCUT2D eigenvalue weighted by Gasteiger charge is -2.34. The standard InChI is InChI=1S/C13H19BrN4O/c1-8-11(19)15-5-6-18(8)10-7-9(14)16-12(17-10)13(2,3)4/h7-8H,5-6H2,1-4H3,(H,15,19). The van der Waals surface area contributed by atoms with Crippen LogP contribution in [0.4, 0.5) is 5.82 Å². The molecule has 0 aliphatic carbocycles. The summed E-state index contributed by atoms with van der Waals surface area (Å²) >= 11 is 3.43. The van der Waals surface area contributed by atoms with Gasteiger partial charge in [0.2, 0.25) is 5.91 Å². The molecule has 0 spiro atoms. The van der Waals surface area contributed by atoms with Gasteiger partial charge in [-0.1, -0.05) is 20.8 Å². The van der Waals surface area contributed by atoms with Crippen LogP contribution in [0.15, 0.2) is 10.7 Å². The van der Waals surface area contributed by atoms with Gasteiger partial charge in [-0.25, -0.2) is 9.97 Å². The quantitative estimate of drug-likeness (QED) is 0.800. The zero-order valence-electron chi connectivity index (χ0n) is 11.7. The van der Waals surface area contributed by atoms with E-state index < -0.39 is 0 Å².